The number of furan rings is 1. The summed E-state index contributed by atoms with van der Waals surface area (Å²) in [6.45, 7) is 16.8. The standard InChI is InChI=1S/C37H50O12/c1-18(2)34(42)49-33-31-32-35(8,17-45-31)28(47-22(6)40)14-29(48-23(7)41)36(32,9)27(16-44-20(4)38)37(33,10)30-19(3)25(24-11-12-43-15-24)13-26(30)46-21(5)39/h11-12,15,18,25-29,31-33H,13-14,16-17H2,1-10H3/t25-,26+,27-,28-,29+,31-,32-,33-,35+,36-,37+/m1/s1. The van der Waals surface area contributed by atoms with Crippen LogP contribution in [0.25, 0.3) is 0 Å². The van der Waals surface area contributed by atoms with E-state index in [0.29, 0.717) is 6.42 Å². The van der Waals surface area contributed by atoms with Gasteiger partial charge in [0.25, 0.3) is 0 Å². The van der Waals surface area contributed by atoms with Crippen molar-refractivity contribution in [2.75, 3.05) is 13.2 Å². The summed E-state index contributed by atoms with van der Waals surface area (Å²) in [5, 5.41) is 0. The molecule has 3 aliphatic carbocycles. The van der Waals surface area contributed by atoms with Gasteiger partial charge < -0.3 is 32.8 Å². The second kappa shape index (κ2) is 13.2. The van der Waals surface area contributed by atoms with Crippen LogP contribution in [-0.2, 0) is 52.4 Å². The fourth-order valence-electron chi connectivity index (χ4n) is 9.99. The Morgan fingerprint density at radius 2 is 1.51 bits per heavy atom. The van der Waals surface area contributed by atoms with Gasteiger partial charge in [0.2, 0.25) is 0 Å². The second-order valence-electron chi connectivity index (χ2n) is 15.2. The molecule has 0 radical (unpaired) electrons. The number of carbonyl (C=O) groups excluding carboxylic acids is 5. The highest BCUT2D eigenvalue weighted by Gasteiger charge is 2.77. The lowest BCUT2D eigenvalue weighted by atomic mass is 9.40. The molecule has 49 heavy (non-hydrogen) atoms. The molecule has 270 valence electrons. The number of rotatable bonds is 9. The zero-order chi connectivity index (χ0) is 36.2. The molecule has 2 heterocycles. The van der Waals surface area contributed by atoms with E-state index in [0.717, 1.165) is 16.7 Å². The Labute approximate surface area is 287 Å². The maximum atomic E-state index is 13.7. The minimum Gasteiger partial charge on any atom is -0.472 e. The van der Waals surface area contributed by atoms with Crippen molar-refractivity contribution < 1.29 is 56.8 Å². The summed E-state index contributed by atoms with van der Waals surface area (Å²) in [7, 11) is 0. The molecule has 12 nitrogen and oxygen atoms in total. The molecular formula is C37H50O12. The van der Waals surface area contributed by atoms with Gasteiger partial charge in [0, 0.05) is 68.1 Å². The summed E-state index contributed by atoms with van der Waals surface area (Å²) < 4.78 is 42.7. The molecule has 0 aromatic carbocycles. The first-order chi connectivity index (χ1) is 22.9. The zero-order valence-corrected chi connectivity index (χ0v) is 30.2. The van der Waals surface area contributed by atoms with E-state index in [1.165, 1.54) is 27.7 Å². The number of carbonyl (C=O) groups is 5. The number of hydrogen-bond acceptors (Lipinski definition) is 12. The quantitative estimate of drug-likeness (QED) is 0.193. The second-order valence-corrected chi connectivity index (χ2v) is 15.2. The summed E-state index contributed by atoms with van der Waals surface area (Å²) in [4.78, 5) is 64.2. The van der Waals surface area contributed by atoms with Crippen LogP contribution in [-0.4, -0.2) is 73.6 Å². The van der Waals surface area contributed by atoms with E-state index in [1.807, 2.05) is 33.8 Å². The fourth-order valence-corrected chi connectivity index (χ4v) is 9.99. The number of allylic oxidation sites excluding steroid dienone is 1. The Bertz CT molecular complexity index is 1510. The van der Waals surface area contributed by atoms with Crippen LogP contribution in [0.1, 0.15) is 93.6 Å². The molecule has 1 aromatic heterocycles. The van der Waals surface area contributed by atoms with Crippen LogP contribution in [0.2, 0.25) is 0 Å². The van der Waals surface area contributed by atoms with E-state index < -0.39 is 94.4 Å². The first-order valence-corrected chi connectivity index (χ1v) is 17.1. The lowest BCUT2D eigenvalue weighted by Gasteiger charge is -2.66. The highest BCUT2D eigenvalue weighted by molar-refractivity contribution is 5.72. The van der Waals surface area contributed by atoms with Crippen LogP contribution in [0.3, 0.4) is 0 Å². The largest absolute Gasteiger partial charge is 0.472 e. The SMILES string of the molecule is CC(=O)OC[C@H]1[C@@](C)(C2=C(C)[C@H](c3ccoc3)C[C@@H]2OC(C)=O)[C@H](OC(=O)C(C)C)[C@@H]2OC[C@]3(C)[C@@H]2[C@@]1(C)[C@@H](OC(C)=O)C[C@H]3OC(C)=O. The van der Waals surface area contributed by atoms with Crippen molar-refractivity contribution in [2.24, 2.45) is 34.0 Å². The predicted molar refractivity (Wildman–Crippen MR) is 172 cm³/mol. The molecule has 5 rings (SSSR count). The van der Waals surface area contributed by atoms with E-state index >= 15 is 0 Å². The van der Waals surface area contributed by atoms with Crippen LogP contribution >= 0.6 is 0 Å². The topological polar surface area (TPSA) is 154 Å². The van der Waals surface area contributed by atoms with Gasteiger partial charge in [0.15, 0.2) is 0 Å². The molecule has 1 aliphatic heterocycles. The summed E-state index contributed by atoms with van der Waals surface area (Å²) in [6.07, 6.45) is -0.154. The fraction of sp³-hybridized carbons (Fsp3) is 0.703. The lowest BCUT2D eigenvalue weighted by molar-refractivity contribution is -0.266. The smallest absolute Gasteiger partial charge is 0.308 e. The molecule has 0 amide bonds. The molecule has 4 aliphatic rings. The molecule has 2 saturated carbocycles. The summed E-state index contributed by atoms with van der Waals surface area (Å²) in [6, 6.07) is 1.87. The Balaban J connectivity index is 1.83. The van der Waals surface area contributed by atoms with E-state index in [4.69, 9.17) is 32.8 Å². The van der Waals surface area contributed by atoms with Gasteiger partial charge in [0.1, 0.15) is 24.4 Å². The van der Waals surface area contributed by atoms with Crippen molar-refractivity contribution in [3.05, 3.63) is 35.3 Å². The first kappa shape index (κ1) is 36.6. The highest BCUT2D eigenvalue weighted by atomic mass is 16.6. The predicted octanol–water partition coefficient (Wildman–Crippen LogP) is 5.08. The van der Waals surface area contributed by atoms with Gasteiger partial charge in [-0.3, -0.25) is 24.0 Å². The Morgan fingerprint density at radius 3 is 2.06 bits per heavy atom. The molecule has 11 atom stereocenters. The van der Waals surface area contributed by atoms with Gasteiger partial charge in [-0.1, -0.05) is 40.2 Å². The van der Waals surface area contributed by atoms with Crippen LogP contribution < -0.4 is 0 Å². The molecule has 0 bridgehead atoms. The molecule has 12 heteroatoms. The van der Waals surface area contributed by atoms with E-state index in [-0.39, 0.29) is 25.6 Å². The monoisotopic (exact) mass is 686 g/mol. The molecule has 3 fully saturated rings. The third-order valence-electron chi connectivity index (χ3n) is 11.9. The summed E-state index contributed by atoms with van der Waals surface area (Å²) in [5.74, 6) is -4.34. The van der Waals surface area contributed by atoms with Crippen molar-refractivity contribution in [3.8, 4) is 0 Å². The minimum absolute atomic E-state index is 0.132. The third-order valence-corrected chi connectivity index (χ3v) is 11.9. The van der Waals surface area contributed by atoms with Crippen molar-refractivity contribution in [3.63, 3.8) is 0 Å². The van der Waals surface area contributed by atoms with E-state index in [2.05, 4.69) is 0 Å². The van der Waals surface area contributed by atoms with Gasteiger partial charge >= 0.3 is 29.8 Å². The molecule has 0 N–H and O–H groups in total. The van der Waals surface area contributed by atoms with Crippen molar-refractivity contribution >= 4 is 29.8 Å². The van der Waals surface area contributed by atoms with Crippen LogP contribution in [0.5, 0.6) is 0 Å². The number of ether oxygens (including phenoxy) is 6. The summed E-state index contributed by atoms with van der Waals surface area (Å²) >= 11 is 0. The molecule has 1 aromatic rings. The van der Waals surface area contributed by atoms with Crippen molar-refractivity contribution in [1.82, 2.24) is 0 Å². The normalized spacial score (nSPS) is 38.1. The average molecular weight is 687 g/mol. The maximum absolute atomic E-state index is 13.7. The zero-order valence-electron chi connectivity index (χ0n) is 30.2. The highest BCUT2D eigenvalue weighted by Crippen LogP contribution is 2.71. The Kier molecular flexibility index (Phi) is 9.88. The first-order valence-electron chi connectivity index (χ1n) is 17.1. The van der Waals surface area contributed by atoms with Gasteiger partial charge in [-0.05, 0) is 30.5 Å². The average Bonchev–Trinajstić information content (AvgIpc) is 3.71. The molecule has 1 saturated heterocycles. The Hall–Kier alpha value is -3.67. The molecular weight excluding hydrogens is 636 g/mol. The van der Waals surface area contributed by atoms with Crippen LogP contribution in [0.4, 0.5) is 0 Å². The van der Waals surface area contributed by atoms with Crippen LogP contribution in [0.15, 0.2) is 34.2 Å². The maximum Gasteiger partial charge on any atom is 0.308 e. The Morgan fingerprint density at radius 1 is 0.878 bits per heavy atom. The number of esters is 5. The van der Waals surface area contributed by atoms with Gasteiger partial charge in [-0.2, -0.15) is 0 Å². The van der Waals surface area contributed by atoms with Gasteiger partial charge in [-0.25, -0.2) is 0 Å². The van der Waals surface area contributed by atoms with Crippen molar-refractivity contribution in [2.45, 2.75) is 119 Å². The summed E-state index contributed by atoms with van der Waals surface area (Å²) in [5.41, 5.74) is -0.471. The molecule has 0 spiro atoms. The van der Waals surface area contributed by atoms with Crippen molar-refractivity contribution in [1.29, 1.82) is 0 Å². The number of hydrogen-bond donors (Lipinski definition) is 0. The molecule has 0 unspecified atom stereocenters. The minimum atomic E-state index is -1.20. The van der Waals surface area contributed by atoms with Crippen LogP contribution in [0, 0.1) is 34.0 Å². The van der Waals surface area contributed by atoms with E-state index in [9.17, 15) is 24.0 Å². The third kappa shape index (κ3) is 6.08. The lowest BCUT2D eigenvalue weighted by Crippen LogP contribution is -2.73. The van der Waals surface area contributed by atoms with E-state index in [1.54, 1.807) is 26.4 Å². The van der Waals surface area contributed by atoms with Gasteiger partial charge in [-0.15, -0.1) is 0 Å². The van der Waals surface area contributed by atoms with Gasteiger partial charge in [0.05, 0.1) is 37.8 Å².